The van der Waals surface area contributed by atoms with Crippen LogP contribution in [0.3, 0.4) is 0 Å². The van der Waals surface area contributed by atoms with Crippen LogP contribution in [0.1, 0.15) is 36.0 Å². The Labute approximate surface area is 161 Å². The SMILES string of the molecule is COc1ccccc1/C=C/C(=O)NCc1ccccc1CN1CCCCC1. The van der Waals surface area contributed by atoms with Gasteiger partial charge < -0.3 is 10.1 Å². The molecule has 0 aromatic heterocycles. The molecule has 0 bridgehead atoms. The second-order valence-corrected chi connectivity index (χ2v) is 6.90. The fourth-order valence-electron chi connectivity index (χ4n) is 3.45. The van der Waals surface area contributed by atoms with Crippen LogP contribution in [0.25, 0.3) is 6.08 Å². The third-order valence-corrected chi connectivity index (χ3v) is 4.97. The lowest BCUT2D eigenvalue weighted by molar-refractivity contribution is -0.116. The molecule has 1 fully saturated rings. The van der Waals surface area contributed by atoms with Gasteiger partial charge in [-0.2, -0.15) is 0 Å². The Morgan fingerprint density at radius 3 is 2.52 bits per heavy atom. The lowest BCUT2D eigenvalue weighted by Gasteiger charge is -2.27. The molecule has 2 aromatic carbocycles. The molecule has 4 nitrogen and oxygen atoms in total. The Morgan fingerprint density at radius 2 is 1.74 bits per heavy atom. The maximum absolute atomic E-state index is 12.2. The summed E-state index contributed by atoms with van der Waals surface area (Å²) < 4.78 is 5.31. The second kappa shape index (κ2) is 9.93. The highest BCUT2D eigenvalue weighted by Crippen LogP contribution is 2.19. The minimum Gasteiger partial charge on any atom is -0.496 e. The molecule has 27 heavy (non-hydrogen) atoms. The number of carbonyl (C=O) groups excluding carboxylic acids is 1. The number of hydrogen-bond acceptors (Lipinski definition) is 3. The topological polar surface area (TPSA) is 41.6 Å². The fraction of sp³-hybridized carbons (Fsp3) is 0.348. The summed E-state index contributed by atoms with van der Waals surface area (Å²) in [5, 5.41) is 3.00. The fourth-order valence-corrected chi connectivity index (χ4v) is 3.45. The van der Waals surface area contributed by atoms with Crippen molar-refractivity contribution < 1.29 is 9.53 Å². The Hall–Kier alpha value is -2.59. The summed E-state index contributed by atoms with van der Waals surface area (Å²) in [6.45, 7) is 3.84. The van der Waals surface area contributed by atoms with Gasteiger partial charge in [-0.05, 0) is 49.2 Å². The molecule has 1 amide bonds. The van der Waals surface area contributed by atoms with Crippen molar-refractivity contribution in [1.82, 2.24) is 10.2 Å². The van der Waals surface area contributed by atoms with E-state index in [9.17, 15) is 4.79 Å². The molecule has 142 valence electrons. The number of amides is 1. The van der Waals surface area contributed by atoms with E-state index in [1.165, 1.54) is 43.5 Å². The number of nitrogens with zero attached hydrogens (tertiary/aromatic N) is 1. The van der Waals surface area contributed by atoms with Crippen LogP contribution in [-0.4, -0.2) is 31.0 Å². The Balaban J connectivity index is 1.58. The molecular formula is C23H28N2O2. The van der Waals surface area contributed by atoms with Gasteiger partial charge in [0.2, 0.25) is 5.91 Å². The summed E-state index contributed by atoms with van der Waals surface area (Å²) in [6, 6.07) is 16.0. The predicted molar refractivity (Wildman–Crippen MR) is 109 cm³/mol. The van der Waals surface area contributed by atoms with E-state index < -0.39 is 0 Å². The number of methoxy groups -OCH3 is 1. The van der Waals surface area contributed by atoms with Crippen molar-refractivity contribution in [2.75, 3.05) is 20.2 Å². The van der Waals surface area contributed by atoms with E-state index in [0.29, 0.717) is 6.54 Å². The molecule has 3 rings (SSSR count). The van der Waals surface area contributed by atoms with E-state index in [4.69, 9.17) is 4.74 Å². The maximum Gasteiger partial charge on any atom is 0.244 e. The summed E-state index contributed by atoms with van der Waals surface area (Å²) >= 11 is 0. The van der Waals surface area contributed by atoms with Crippen LogP contribution in [0, 0.1) is 0 Å². The average Bonchev–Trinajstić information content (AvgIpc) is 2.72. The maximum atomic E-state index is 12.2. The quantitative estimate of drug-likeness (QED) is 0.755. The number of hydrogen-bond donors (Lipinski definition) is 1. The van der Waals surface area contributed by atoms with Crippen molar-refractivity contribution >= 4 is 12.0 Å². The van der Waals surface area contributed by atoms with E-state index >= 15 is 0 Å². The monoisotopic (exact) mass is 364 g/mol. The lowest BCUT2D eigenvalue weighted by atomic mass is 10.0. The third-order valence-electron chi connectivity index (χ3n) is 4.97. The van der Waals surface area contributed by atoms with Gasteiger partial charge in [-0.15, -0.1) is 0 Å². The molecule has 1 aliphatic heterocycles. The molecule has 0 spiro atoms. The second-order valence-electron chi connectivity index (χ2n) is 6.90. The van der Waals surface area contributed by atoms with Crippen molar-refractivity contribution in [3.8, 4) is 5.75 Å². The van der Waals surface area contributed by atoms with E-state index in [0.717, 1.165) is 17.9 Å². The third kappa shape index (κ3) is 5.69. The molecule has 1 N–H and O–H groups in total. The van der Waals surface area contributed by atoms with Crippen LogP contribution in [0.15, 0.2) is 54.6 Å². The summed E-state index contributed by atoms with van der Waals surface area (Å²) in [6.07, 6.45) is 7.25. The standard InChI is InChI=1S/C23H28N2O2/c1-27-22-12-6-5-9-19(22)13-14-23(26)24-17-20-10-3-4-11-21(20)18-25-15-7-2-8-16-25/h3-6,9-14H,2,7-8,15-18H2,1H3,(H,24,26)/b14-13+. The smallest absolute Gasteiger partial charge is 0.244 e. The van der Waals surface area contributed by atoms with Crippen molar-refractivity contribution in [1.29, 1.82) is 0 Å². The molecule has 0 unspecified atom stereocenters. The molecule has 2 aromatic rings. The number of carbonyl (C=O) groups is 1. The first-order valence-corrected chi connectivity index (χ1v) is 9.64. The minimum absolute atomic E-state index is 0.103. The summed E-state index contributed by atoms with van der Waals surface area (Å²) in [4.78, 5) is 14.7. The number of piperidine rings is 1. The Bertz CT molecular complexity index is 779. The van der Waals surface area contributed by atoms with Gasteiger partial charge in [0.25, 0.3) is 0 Å². The molecule has 1 aliphatic rings. The van der Waals surface area contributed by atoms with Crippen LogP contribution in [0.4, 0.5) is 0 Å². The summed E-state index contributed by atoms with van der Waals surface area (Å²) in [5.74, 6) is 0.655. The van der Waals surface area contributed by atoms with E-state index in [-0.39, 0.29) is 5.91 Å². The Kier molecular flexibility index (Phi) is 7.05. The average molecular weight is 364 g/mol. The first-order chi connectivity index (χ1) is 13.3. The van der Waals surface area contributed by atoms with Gasteiger partial charge in [-0.1, -0.05) is 48.9 Å². The zero-order valence-corrected chi connectivity index (χ0v) is 16.0. The highest BCUT2D eigenvalue weighted by Gasteiger charge is 2.12. The van der Waals surface area contributed by atoms with Crippen molar-refractivity contribution in [3.05, 3.63) is 71.3 Å². The van der Waals surface area contributed by atoms with E-state index in [1.54, 1.807) is 19.3 Å². The predicted octanol–water partition coefficient (Wildman–Crippen LogP) is 4.01. The van der Waals surface area contributed by atoms with Crippen LogP contribution in [0.2, 0.25) is 0 Å². The van der Waals surface area contributed by atoms with Crippen molar-refractivity contribution in [2.24, 2.45) is 0 Å². The van der Waals surface area contributed by atoms with E-state index in [2.05, 4.69) is 28.4 Å². The number of rotatable bonds is 7. The highest BCUT2D eigenvalue weighted by atomic mass is 16.5. The van der Waals surface area contributed by atoms with E-state index in [1.807, 2.05) is 30.3 Å². The number of likely N-dealkylation sites (tertiary alicyclic amines) is 1. The number of ether oxygens (including phenoxy) is 1. The molecule has 0 atom stereocenters. The minimum atomic E-state index is -0.103. The van der Waals surface area contributed by atoms with Crippen LogP contribution in [0.5, 0.6) is 5.75 Å². The van der Waals surface area contributed by atoms with Gasteiger partial charge in [0, 0.05) is 24.7 Å². The summed E-state index contributed by atoms with van der Waals surface area (Å²) in [5.41, 5.74) is 3.37. The molecule has 4 heteroatoms. The molecule has 0 aliphatic carbocycles. The molecule has 1 saturated heterocycles. The van der Waals surface area contributed by atoms with Crippen molar-refractivity contribution in [2.45, 2.75) is 32.4 Å². The van der Waals surface area contributed by atoms with Gasteiger partial charge in [-0.3, -0.25) is 9.69 Å². The number of nitrogens with one attached hydrogen (secondary N) is 1. The normalized spacial score (nSPS) is 15.0. The Morgan fingerprint density at radius 1 is 1.04 bits per heavy atom. The largest absolute Gasteiger partial charge is 0.496 e. The molecule has 0 radical (unpaired) electrons. The van der Waals surface area contributed by atoms with Gasteiger partial charge in [-0.25, -0.2) is 0 Å². The van der Waals surface area contributed by atoms with Gasteiger partial charge >= 0.3 is 0 Å². The zero-order chi connectivity index (χ0) is 18.9. The molecule has 1 heterocycles. The van der Waals surface area contributed by atoms with Gasteiger partial charge in [0.15, 0.2) is 0 Å². The number of para-hydroxylation sites is 1. The first kappa shape index (κ1) is 19.2. The van der Waals surface area contributed by atoms with Crippen LogP contribution >= 0.6 is 0 Å². The summed E-state index contributed by atoms with van der Waals surface area (Å²) in [7, 11) is 1.63. The van der Waals surface area contributed by atoms with Crippen LogP contribution < -0.4 is 10.1 Å². The highest BCUT2D eigenvalue weighted by molar-refractivity contribution is 5.92. The first-order valence-electron chi connectivity index (χ1n) is 9.64. The van der Waals surface area contributed by atoms with Crippen LogP contribution in [-0.2, 0) is 17.9 Å². The zero-order valence-electron chi connectivity index (χ0n) is 16.0. The van der Waals surface area contributed by atoms with Crippen molar-refractivity contribution in [3.63, 3.8) is 0 Å². The molecule has 0 saturated carbocycles. The van der Waals surface area contributed by atoms with Gasteiger partial charge in [0.1, 0.15) is 5.75 Å². The molecular weight excluding hydrogens is 336 g/mol. The lowest BCUT2D eigenvalue weighted by Crippen LogP contribution is -2.30. The van der Waals surface area contributed by atoms with Gasteiger partial charge in [0.05, 0.1) is 7.11 Å². The number of benzene rings is 2.